The second-order valence-corrected chi connectivity index (χ2v) is 1.25. The molecule has 0 radical (unpaired) electrons. The van der Waals surface area contributed by atoms with Crippen molar-refractivity contribution in [2.24, 2.45) is 5.73 Å². The van der Waals surface area contributed by atoms with Crippen LogP contribution in [0.25, 0.3) is 0 Å². The van der Waals surface area contributed by atoms with Crippen LogP contribution in [0.1, 0.15) is 0 Å². The molecule has 3 heteroatoms. The van der Waals surface area contributed by atoms with Crippen LogP contribution in [0.15, 0.2) is 0 Å². The summed E-state index contributed by atoms with van der Waals surface area (Å²) < 4.78 is 9.37. The first-order valence-corrected chi connectivity index (χ1v) is 2.27. The first kappa shape index (κ1) is 4.98. The van der Waals surface area contributed by atoms with Gasteiger partial charge in [0.25, 0.3) is 0 Å². The quantitative estimate of drug-likeness (QED) is 0.461. The number of nitrogens with two attached hydrogens (primary N) is 1. The molecule has 0 fully saturated rings. The summed E-state index contributed by atoms with van der Waals surface area (Å²) >= 11 is 0.527. The Bertz CT molecular complexity index is 30.8. The van der Waals surface area contributed by atoms with Crippen LogP contribution in [0.3, 0.4) is 0 Å². The van der Waals surface area contributed by atoms with Crippen molar-refractivity contribution in [2.75, 3.05) is 12.3 Å². The first-order chi connectivity index (χ1) is 2.41. The van der Waals surface area contributed by atoms with Crippen molar-refractivity contribution in [3.63, 3.8) is 0 Å². The normalized spacial score (nSPS) is 7.40. The zero-order valence-corrected chi connectivity index (χ0v) is 3.62. The topological polar surface area (TPSA) is 43.1 Å². The molecule has 5 heavy (non-hydrogen) atoms. The van der Waals surface area contributed by atoms with Gasteiger partial charge >= 0.3 is 11.7 Å². The highest BCUT2D eigenvalue weighted by molar-refractivity contribution is 7.65. The summed E-state index contributed by atoms with van der Waals surface area (Å²) in [7, 11) is 0. The highest BCUT2D eigenvalue weighted by atomic mass is 32.1. The van der Waals surface area contributed by atoms with Crippen molar-refractivity contribution in [3.05, 3.63) is 0 Å². The fourth-order valence-corrected chi connectivity index (χ4v) is 0.144. The van der Waals surface area contributed by atoms with E-state index in [9.17, 15) is 4.21 Å². The summed E-state index contributed by atoms with van der Waals surface area (Å²) in [6.45, 7) is 0.494. The van der Waals surface area contributed by atoms with Crippen molar-refractivity contribution in [1.82, 2.24) is 0 Å². The summed E-state index contributed by atoms with van der Waals surface area (Å²) in [4.78, 5) is 0. The maximum absolute atomic E-state index is 9.37. The minimum Gasteiger partial charge on any atom is -0.326 e. The standard InChI is InChI=1S/C2H6NOS/c3-1-2-5-4/h1-3H2/q+1. The highest BCUT2D eigenvalue weighted by Gasteiger charge is 1.86. The van der Waals surface area contributed by atoms with Crippen molar-refractivity contribution >= 4 is 11.7 Å². The molecule has 0 amide bonds. The lowest BCUT2D eigenvalue weighted by atomic mass is 10.8. The molecule has 0 rings (SSSR count). The molecule has 0 saturated carbocycles. The number of hydrogen-bond donors (Lipinski definition) is 1. The van der Waals surface area contributed by atoms with Gasteiger partial charge in [0.05, 0.1) is 6.54 Å². The SMILES string of the molecule is NCC[S+]=O. The third-order valence-electron chi connectivity index (χ3n) is 0.201. The van der Waals surface area contributed by atoms with Gasteiger partial charge in [0.2, 0.25) is 5.75 Å². The smallest absolute Gasteiger partial charge is 0.326 e. The Morgan fingerprint density at radius 2 is 2.40 bits per heavy atom. The predicted octanol–water partition coefficient (Wildman–Crippen LogP) is -0.627. The molecule has 0 aliphatic heterocycles. The lowest BCUT2D eigenvalue weighted by Gasteiger charge is -1.57. The molecule has 2 nitrogen and oxygen atoms in total. The molecular formula is C2H6NOS+. The molecule has 30 valence electrons. The Kier molecular flexibility index (Phi) is 3.96. The van der Waals surface area contributed by atoms with E-state index in [4.69, 9.17) is 5.73 Å². The Morgan fingerprint density at radius 3 is 2.40 bits per heavy atom. The van der Waals surface area contributed by atoms with Gasteiger partial charge < -0.3 is 5.73 Å². The average molecular weight is 92.1 g/mol. The molecule has 0 atom stereocenters. The van der Waals surface area contributed by atoms with Gasteiger partial charge in [-0.15, -0.1) is 0 Å². The van der Waals surface area contributed by atoms with Gasteiger partial charge in [-0.1, -0.05) is 0 Å². The fraction of sp³-hybridized carbons (Fsp3) is 1.00. The van der Waals surface area contributed by atoms with Crippen molar-refractivity contribution < 1.29 is 4.21 Å². The van der Waals surface area contributed by atoms with Crippen LogP contribution >= 0.6 is 0 Å². The molecule has 0 aromatic heterocycles. The number of hydrogen-bond acceptors (Lipinski definition) is 2. The average Bonchev–Trinajstić information content (AvgIpc) is 1.41. The van der Waals surface area contributed by atoms with Crippen LogP contribution in [-0.2, 0) is 15.9 Å². The van der Waals surface area contributed by atoms with Crippen LogP contribution in [-0.4, -0.2) is 12.3 Å². The van der Waals surface area contributed by atoms with Crippen LogP contribution < -0.4 is 5.73 Å². The Labute approximate surface area is 34.9 Å². The summed E-state index contributed by atoms with van der Waals surface area (Å²) in [6, 6.07) is 0. The second kappa shape index (κ2) is 3.98. The molecule has 0 heterocycles. The minimum absolute atomic E-state index is 0.494. The Balaban J connectivity index is 2.40. The zero-order valence-electron chi connectivity index (χ0n) is 2.81. The Morgan fingerprint density at radius 1 is 1.80 bits per heavy atom. The van der Waals surface area contributed by atoms with Gasteiger partial charge in [-0.05, 0) is 0 Å². The summed E-state index contributed by atoms with van der Waals surface area (Å²) in [5, 5.41) is 0. The van der Waals surface area contributed by atoms with E-state index in [-0.39, 0.29) is 0 Å². The van der Waals surface area contributed by atoms with E-state index in [0.717, 1.165) is 0 Å². The second-order valence-electron chi connectivity index (χ2n) is 0.611. The van der Waals surface area contributed by atoms with Crippen LogP contribution in [0, 0.1) is 0 Å². The van der Waals surface area contributed by atoms with Gasteiger partial charge in [-0.2, -0.15) is 0 Å². The molecule has 2 N–H and O–H groups in total. The van der Waals surface area contributed by atoms with Crippen LogP contribution in [0.5, 0.6) is 0 Å². The fourth-order valence-electron chi connectivity index (χ4n) is 0.0481. The first-order valence-electron chi connectivity index (χ1n) is 1.36. The molecule has 0 spiro atoms. The van der Waals surface area contributed by atoms with E-state index in [1.54, 1.807) is 0 Å². The monoisotopic (exact) mass is 92.0 g/mol. The van der Waals surface area contributed by atoms with E-state index < -0.39 is 0 Å². The van der Waals surface area contributed by atoms with Gasteiger partial charge in [0, 0.05) is 4.21 Å². The van der Waals surface area contributed by atoms with Gasteiger partial charge in [-0.3, -0.25) is 0 Å². The molecule has 0 saturated heterocycles. The van der Waals surface area contributed by atoms with Crippen LogP contribution in [0.2, 0.25) is 0 Å². The number of rotatable bonds is 2. The van der Waals surface area contributed by atoms with E-state index in [2.05, 4.69) is 0 Å². The zero-order chi connectivity index (χ0) is 4.12. The maximum atomic E-state index is 9.37. The third-order valence-corrected chi connectivity index (χ3v) is 0.604. The van der Waals surface area contributed by atoms with Gasteiger partial charge in [0.1, 0.15) is 0 Å². The van der Waals surface area contributed by atoms with Crippen molar-refractivity contribution in [3.8, 4) is 0 Å². The summed E-state index contributed by atoms with van der Waals surface area (Å²) in [5.41, 5.74) is 4.92. The molecule has 0 bridgehead atoms. The van der Waals surface area contributed by atoms with Crippen molar-refractivity contribution in [2.45, 2.75) is 0 Å². The highest BCUT2D eigenvalue weighted by Crippen LogP contribution is 1.46. The predicted molar refractivity (Wildman–Crippen MR) is 22.0 cm³/mol. The largest absolute Gasteiger partial charge is 0.460 e. The molecular weight excluding hydrogens is 86.1 g/mol. The van der Waals surface area contributed by atoms with Crippen LogP contribution in [0.4, 0.5) is 0 Å². The molecule has 0 aliphatic carbocycles. The van der Waals surface area contributed by atoms with Gasteiger partial charge in [0.15, 0.2) is 0 Å². The van der Waals surface area contributed by atoms with E-state index in [1.807, 2.05) is 0 Å². The minimum atomic E-state index is 0.494. The molecule has 0 aliphatic rings. The Hall–Kier alpha value is -0.0200. The van der Waals surface area contributed by atoms with Gasteiger partial charge in [-0.25, -0.2) is 0 Å². The maximum Gasteiger partial charge on any atom is 0.460 e. The van der Waals surface area contributed by atoms with E-state index in [1.165, 1.54) is 0 Å². The third kappa shape index (κ3) is 3.98. The summed E-state index contributed by atoms with van der Waals surface area (Å²) in [6.07, 6.45) is 0. The molecule has 0 aromatic rings. The van der Waals surface area contributed by atoms with E-state index >= 15 is 0 Å². The lowest BCUT2D eigenvalue weighted by Crippen LogP contribution is -2.01. The lowest BCUT2D eigenvalue weighted by molar-refractivity contribution is 0.605. The summed E-state index contributed by atoms with van der Waals surface area (Å²) in [5.74, 6) is 0.528. The molecule has 0 aromatic carbocycles. The molecule has 0 unspecified atom stereocenters. The van der Waals surface area contributed by atoms with Crippen molar-refractivity contribution in [1.29, 1.82) is 0 Å². The van der Waals surface area contributed by atoms with E-state index in [0.29, 0.717) is 24.0 Å².